The maximum Gasteiger partial charge on any atom is 0.303 e. The van der Waals surface area contributed by atoms with Gasteiger partial charge in [-0.1, -0.05) is 24.6 Å². The smallest absolute Gasteiger partial charge is 0.303 e. The number of carboxylic acid groups (broad SMARTS) is 1. The normalized spacial score (nSPS) is 40.9. The molecule has 0 amide bonds. The molecule has 0 spiro atoms. The van der Waals surface area contributed by atoms with Gasteiger partial charge in [0.1, 0.15) is 11.3 Å². The van der Waals surface area contributed by atoms with Crippen LogP contribution in [0.4, 0.5) is 0 Å². The van der Waals surface area contributed by atoms with Crippen molar-refractivity contribution in [3.05, 3.63) is 23.5 Å². The largest absolute Gasteiger partial charge is 0.481 e. The Labute approximate surface area is 189 Å². The molecular weight excluding hydrogens is 406 g/mol. The van der Waals surface area contributed by atoms with Gasteiger partial charge < -0.3 is 10.2 Å². The minimum atomic E-state index is -0.994. The van der Waals surface area contributed by atoms with Crippen LogP contribution in [0, 0.1) is 35.0 Å². The van der Waals surface area contributed by atoms with E-state index in [2.05, 4.69) is 24.2 Å². The van der Waals surface area contributed by atoms with Gasteiger partial charge in [-0.3, -0.25) is 14.3 Å². The van der Waals surface area contributed by atoms with Crippen molar-refractivity contribution in [1.82, 2.24) is 15.0 Å². The van der Waals surface area contributed by atoms with Crippen LogP contribution in [0.5, 0.6) is 0 Å². The van der Waals surface area contributed by atoms with Crippen LogP contribution in [0.15, 0.2) is 17.8 Å². The Morgan fingerprint density at radius 1 is 1.28 bits per heavy atom. The summed E-state index contributed by atoms with van der Waals surface area (Å²) in [4.78, 5) is 22.8. The zero-order valence-electron chi connectivity index (χ0n) is 19.2. The van der Waals surface area contributed by atoms with E-state index >= 15 is 0 Å². The zero-order chi connectivity index (χ0) is 22.7. The summed E-state index contributed by atoms with van der Waals surface area (Å²) in [5.74, 6) is 2.18. The van der Waals surface area contributed by atoms with E-state index in [1.165, 1.54) is 5.57 Å². The fraction of sp³-hybridized carbons (Fsp3) is 0.760. The summed E-state index contributed by atoms with van der Waals surface area (Å²) in [5.41, 5.74) is 0.794. The lowest BCUT2D eigenvalue weighted by molar-refractivity contribution is -0.137. The van der Waals surface area contributed by atoms with Gasteiger partial charge in [-0.25, -0.2) is 0 Å². The molecule has 7 atom stereocenters. The van der Waals surface area contributed by atoms with Gasteiger partial charge in [-0.2, -0.15) is 0 Å². The van der Waals surface area contributed by atoms with Crippen molar-refractivity contribution in [2.45, 2.75) is 83.8 Å². The van der Waals surface area contributed by atoms with Gasteiger partial charge in [-0.05, 0) is 80.6 Å². The first-order chi connectivity index (χ1) is 15.2. The molecule has 7 heteroatoms. The van der Waals surface area contributed by atoms with Crippen LogP contribution in [0.1, 0.15) is 77.3 Å². The third-order valence-corrected chi connectivity index (χ3v) is 9.53. The maximum atomic E-state index is 12.0. The zero-order valence-corrected chi connectivity index (χ0v) is 19.2. The summed E-state index contributed by atoms with van der Waals surface area (Å²) in [6.45, 7) is 5.09. The Morgan fingerprint density at radius 3 is 2.88 bits per heavy atom. The number of aliphatic hydroxyl groups is 1. The Morgan fingerprint density at radius 2 is 2.09 bits per heavy atom. The van der Waals surface area contributed by atoms with E-state index in [1.807, 2.05) is 12.3 Å². The Bertz CT molecular complexity index is 955. The van der Waals surface area contributed by atoms with Gasteiger partial charge in [0.25, 0.3) is 0 Å². The number of nitrogens with zero attached hydrogens (tertiary/aromatic N) is 3. The molecule has 174 valence electrons. The van der Waals surface area contributed by atoms with Crippen molar-refractivity contribution in [2.75, 3.05) is 0 Å². The van der Waals surface area contributed by atoms with Gasteiger partial charge in [0, 0.05) is 24.8 Å². The van der Waals surface area contributed by atoms with Crippen LogP contribution >= 0.6 is 0 Å². The van der Waals surface area contributed by atoms with E-state index < -0.39 is 11.6 Å². The third-order valence-electron chi connectivity index (χ3n) is 9.53. The molecule has 32 heavy (non-hydrogen) atoms. The maximum absolute atomic E-state index is 12.0. The van der Waals surface area contributed by atoms with Crippen molar-refractivity contribution in [1.29, 1.82) is 0 Å². The van der Waals surface area contributed by atoms with E-state index in [9.17, 15) is 14.7 Å². The number of aliphatic carboxylic acids is 1. The molecule has 4 aliphatic carbocycles. The number of hydrogen-bond acceptors (Lipinski definition) is 5. The van der Waals surface area contributed by atoms with Crippen molar-refractivity contribution in [3.8, 4) is 0 Å². The van der Waals surface area contributed by atoms with E-state index in [-0.39, 0.29) is 11.8 Å². The average molecular weight is 442 g/mol. The SMILES string of the molecule is CC1CC2=CC(=O)CCC2C2CC[C@@]3(C)C(CC[C@@]3(O)c3cn(CCCC(=O)O)nn3)C12. The van der Waals surface area contributed by atoms with Crippen LogP contribution in [-0.2, 0) is 21.7 Å². The number of fused-ring (bicyclic) bond motifs is 5. The molecule has 5 unspecified atom stereocenters. The molecule has 1 heterocycles. The van der Waals surface area contributed by atoms with Crippen LogP contribution < -0.4 is 0 Å². The summed E-state index contributed by atoms with van der Waals surface area (Å²) in [5, 5.41) is 29.5. The predicted molar refractivity (Wildman–Crippen MR) is 117 cm³/mol. The van der Waals surface area contributed by atoms with Crippen molar-refractivity contribution >= 4 is 11.8 Å². The minimum absolute atomic E-state index is 0.101. The van der Waals surface area contributed by atoms with Crippen LogP contribution in [0.25, 0.3) is 0 Å². The molecule has 2 N–H and O–H groups in total. The Kier molecular flexibility index (Phi) is 5.31. The molecule has 1 aromatic heterocycles. The number of carboxylic acids is 1. The fourth-order valence-corrected chi connectivity index (χ4v) is 8.02. The summed E-state index contributed by atoms with van der Waals surface area (Å²) >= 11 is 0. The van der Waals surface area contributed by atoms with Gasteiger partial charge in [0.05, 0.1) is 6.20 Å². The topological polar surface area (TPSA) is 105 Å². The van der Waals surface area contributed by atoms with Crippen molar-refractivity contribution < 1.29 is 19.8 Å². The standard InChI is InChI=1S/C25H35N3O4/c1-15-12-16-13-17(29)5-6-18(16)19-7-9-24(2)20(23(15)19)8-10-25(24,32)21-14-28(27-26-21)11-3-4-22(30)31/h13-15,18-20,23,32H,3-12H2,1-2H3,(H,30,31)/t15?,18?,19?,20?,23?,24-,25+/m0/s1. The molecule has 0 radical (unpaired) electrons. The highest BCUT2D eigenvalue weighted by atomic mass is 16.4. The number of carbonyl (C=O) groups excluding carboxylic acids is 1. The number of ketones is 1. The van der Waals surface area contributed by atoms with Crippen molar-refractivity contribution in [3.63, 3.8) is 0 Å². The molecule has 0 aromatic carbocycles. The molecule has 3 fully saturated rings. The number of aromatic nitrogens is 3. The van der Waals surface area contributed by atoms with E-state index in [1.54, 1.807) is 4.68 Å². The number of carbonyl (C=O) groups is 2. The van der Waals surface area contributed by atoms with E-state index in [4.69, 9.17) is 5.11 Å². The second-order valence-electron chi connectivity index (χ2n) is 11.1. The lowest BCUT2D eigenvalue weighted by atomic mass is 9.48. The molecule has 7 nitrogen and oxygen atoms in total. The predicted octanol–water partition coefficient (Wildman–Crippen LogP) is 3.72. The highest BCUT2D eigenvalue weighted by molar-refractivity contribution is 5.91. The van der Waals surface area contributed by atoms with E-state index in [0.29, 0.717) is 66.9 Å². The molecular formula is C25H35N3O4. The van der Waals surface area contributed by atoms with Crippen LogP contribution in [0.2, 0.25) is 0 Å². The minimum Gasteiger partial charge on any atom is -0.481 e. The van der Waals surface area contributed by atoms with E-state index in [0.717, 1.165) is 32.1 Å². The first-order valence-electron chi connectivity index (χ1n) is 12.3. The second-order valence-corrected chi connectivity index (χ2v) is 11.1. The Balaban J connectivity index is 1.39. The highest BCUT2D eigenvalue weighted by Crippen LogP contribution is 2.68. The molecule has 0 saturated heterocycles. The Hall–Kier alpha value is -2.02. The van der Waals surface area contributed by atoms with Crippen molar-refractivity contribution in [2.24, 2.45) is 35.0 Å². The highest BCUT2D eigenvalue weighted by Gasteiger charge is 2.64. The van der Waals surface area contributed by atoms with Crippen LogP contribution in [-0.4, -0.2) is 37.0 Å². The van der Waals surface area contributed by atoms with Gasteiger partial charge in [0.15, 0.2) is 5.78 Å². The molecule has 3 saturated carbocycles. The van der Waals surface area contributed by atoms with Gasteiger partial charge in [-0.15, -0.1) is 5.10 Å². The summed E-state index contributed by atoms with van der Waals surface area (Å²) in [6, 6.07) is 0. The van der Waals surface area contributed by atoms with Gasteiger partial charge in [0.2, 0.25) is 0 Å². The molecule has 0 aliphatic heterocycles. The van der Waals surface area contributed by atoms with Gasteiger partial charge >= 0.3 is 5.97 Å². The molecule has 4 aliphatic rings. The molecule has 5 rings (SSSR count). The number of allylic oxidation sites excluding steroid dienone is 1. The van der Waals surface area contributed by atoms with Crippen LogP contribution in [0.3, 0.4) is 0 Å². The number of rotatable bonds is 5. The number of aryl methyl sites for hydroxylation is 1. The quantitative estimate of drug-likeness (QED) is 0.721. The monoisotopic (exact) mass is 441 g/mol. The lowest BCUT2D eigenvalue weighted by Gasteiger charge is -2.57. The third kappa shape index (κ3) is 3.27. The average Bonchev–Trinajstić information content (AvgIpc) is 3.31. The second kappa shape index (κ2) is 7.79. The molecule has 0 bridgehead atoms. The summed E-state index contributed by atoms with van der Waals surface area (Å²) in [7, 11) is 0. The summed E-state index contributed by atoms with van der Waals surface area (Å²) < 4.78 is 1.68. The fourth-order valence-electron chi connectivity index (χ4n) is 8.02. The first kappa shape index (κ1) is 21.8. The summed E-state index contributed by atoms with van der Waals surface area (Å²) in [6.07, 6.45) is 10.8. The molecule has 1 aromatic rings. The lowest BCUT2D eigenvalue weighted by Crippen LogP contribution is -2.53. The first-order valence-corrected chi connectivity index (χ1v) is 12.3. The number of hydrogen-bond donors (Lipinski definition) is 2.